The van der Waals surface area contributed by atoms with E-state index < -0.39 is 18.1 Å². The van der Waals surface area contributed by atoms with Crippen molar-refractivity contribution in [3.05, 3.63) is 23.5 Å². The minimum Gasteiger partial charge on any atom is -0.333 e. The first-order valence-electron chi connectivity index (χ1n) is 6.81. The summed E-state index contributed by atoms with van der Waals surface area (Å²) in [4.78, 5) is 29.3. The van der Waals surface area contributed by atoms with Gasteiger partial charge in [-0.2, -0.15) is 13.2 Å². The average molecular weight is 351 g/mol. The number of nitrogens with zero attached hydrogens (tertiary/aromatic N) is 3. The van der Waals surface area contributed by atoms with Crippen molar-refractivity contribution < 1.29 is 22.8 Å². The third kappa shape index (κ3) is 4.47. The number of nitrogens with one attached hydrogen (secondary N) is 1. The predicted molar refractivity (Wildman–Crippen MR) is 77.1 cm³/mol. The van der Waals surface area contributed by atoms with Crippen LogP contribution in [-0.2, 0) is 4.79 Å². The van der Waals surface area contributed by atoms with Crippen molar-refractivity contribution in [1.82, 2.24) is 14.8 Å². The lowest BCUT2D eigenvalue weighted by Gasteiger charge is -2.23. The molecule has 126 valence electrons. The molecule has 0 atom stereocenters. The minimum atomic E-state index is -4.90. The first kappa shape index (κ1) is 17.3. The molecule has 1 fully saturated rings. The second kappa shape index (κ2) is 7.03. The van der Waals surface area contributed by atoms with E-state index in [0.717, 1.165) is 0 Å². The summed E-state index contributed by atoms with van der Waals surface area (Å²) in [6.07, 6.45) is -3.18. The summed E-state index contributed by atoms with van der Waals surface area (Å²) in [6.45, 7) is 0.0270. The average Bonchev–Trinajstić information content (AvgIpc) is 2.73. The smallest absolute Gasteiger partial charge is 0.333 e. The monoisotopic (exact) mass is 350 g/mol. The molecule has 1 aromatic heterocycles. The Kier molecular flexibility index (Phi) is 5.30. The number of aromatic nitrogens is 1. The summed E-state index contributed by atoms with van der Waals surface area (Å²) >= 11 is 5.83. The molecule has 0 spiro atoms. The quantitative estimate of drug-likeness (QED) is 0.791. The van der Waals surface area contributed by atoms with Gasteiger partial charge in [-0.05, 0) is 18.6 Å². The highest BCUT2D eigenvalue weighted by atomic mass is 35.5. The molecule has 0 radical (unpaired) electrons. The van der Waals surface area contributed by atoms with Crippen molar-refractivity contribution in [2.45, 2.75) is 12.6 Å². The summed E-state index contributed by atoms with van der Waals surface area (Å²) in [5, 5.41) is 2.66. The van der Waals surface area contributed by atoms with Crippen LogP contribution in [0, 0.1) is 0 Å². The van der Waals surface area contributed by atoms with Crippen LogP contribution in [0.5, 0.6) is 0 Å². The first-order chi connectivity index (χ1) is 10.8. The third-order valence-electron chi connectivity index (χ3n) is 3.31. The number of urea groups is 1. The first-order valence-corrected chi connectivity index (χ1v) is 7.19. The van der Waals surface area contributed by atoms with Crippen LogP contribution < -0.4 is 5.32 Å². The molecular weight excluding hydrogens is 337 g/mol. The molecule has 1 saturated heterocycles. The Labute approximate surface area is 135 Å². The number of anilines is 1. The SMILES string of the molecule is O=C(Nc1cccnc1Cl)N1CCCN(C(=O)C(F)(F)F)CC1. The molecule has 3 amide bonds. The van der Waals surface area contributed by atoms with Gasteiger partial charge in [0, 0.05) is 32.4 Å². The number of alkyl halides is 3. The van der Waals surface area contributed by atoms with Gasteiger partial charge in [-0.25, -0.2) is 9.78 Å². The second-order valence-corrected chi connectivity index (χ2v) is 5.26. The molecule has 0 bridgehead atoms. The molecule has 10 heteroatoms. The minimum absolute atomic E-state index is 0.00549. The molecule has 1 aliphatic heterocycles. The molecule has 0 unspecified atom stereocenters. The molecule has 6 nitrogen and oxygen atoms in total. The van der Waals surface area contributed by atoms with E-state index in [1.165, 1.54) is 11.1 Å². The lowest BCUT2D eigenvalue weighted by atomic mass is 10.3. The van der Waals surface area contributed by atoms with E-state index in [0.29, 0.717) is 10.6 Å². The number of amides is 3. The Balaban J connectivity index is 1.96. The maximum atomic E-state index is 12.4. The van der Waals surface area contributed by atoms with Crippen molar-refractivity contribution in [3.63, 3.8) is 0 Å². The molecule has 1 N–H and O–H groups in total. The molecule has 2 rings (SSSR count). The fourth-order valence-corrected chi connectivity index (χ4v) is 2.34. The van der Waals surface area contributed by atoms with Crippen LogP contribution in [0.2, 0.25) is 5.15 Å². The Morgan fingerprint density at radius 2 is 1.83 bits per heavy atom. The van der Waals surface area contributed by atoms with E-state index in [2.05, 4.69) is 10.3 Å². The fraction of sp³-hybridized carbons (Fsp3) is 0.462. The Morgan fingerprint density at radius 3 is 2.48 bits per heavy atom. The number of hydrogen-bond donors (Lipinski definition) is 1. The third-order valence-corrected chi connectivity index (χ3v) is 3.61. The van der Waals surface area contributed by atoms with Crippen molar-refractivity contribution in [3.8, 4) is 0 Å². The van der Waals surface area contributed by atoms with Gasteiger partial charge in [0.2, 0.25) is 0 Å². The van der Waals surface area contributed by atoms with Crippen molar-refractivity contribution in [1.29, 1.82) is 0 Å². The van der Waals surface area contributed by atoms with Gasteiger partial charge in [-0.3, -0.25) is 4.79 Å². The topological polar surface area (TPSA) is 65.5 Å². The van der Waals surface area contributed by atoms with Gasteiger partial charge in [0.25, 0.3) is 0 Å². The maximum Gasteiger partial charge on any atom is 0.471 e. The molecule has 1 aliphatic rings. The number of carbonyl (C=O) groups is 2. The number of rotatable bonds is 1. The van der Waals surface area contributed by atoms with Gasteiger partial charge in [-0.15, -0.1) is 0 Å². The van der Waals surface area contributed by atoms with Crippen LogP contribution in [0.25, 0.3) is 0 Å². The zero-order valence-electron chi connectivity index (χ0n) is 11.9. The zero-order chi connectivity index (χ0) is 17.0. The molecule has 0 saturated carbocycles. The van der Waals surface area contributed by atoms with E-state index in [1.807, 2.05) is 0 Å². The highest BCUT2D eigenvalue weighted by Gasteiger charge is 2.42. The highest BCUT2D eigenvalue weighted by molar-refractivity contribution is 6.32. The van der Waals surface area contributed by atoms with Gasteiger partial charge in [-0.1, -0.05) is 11.6 Å². The van der Waals surface area contributed by atoms with Crippen molar-refractivity contribution >= 4 is 29.2 Å². The normalized spacial score (nSPS) is 16.0. The van der Waals surface area contributed by atoms with Crippen molar-refractivity contribution in [2.24, 2.45) is 0 Å². The zero-order valence-corrected chi connectivity index (χ0v) is 12.7. The largest absolute Gasteiger partial charge is 0.471 e. The summed E-state index contributed by atoms with van der Waals surface area (Å²) in [5.74, 6) is -1.88. The Bertz CT molecular complexity index is 597. The summed E-state index contributed by atoms with van der Waals surface area (Å²) in [7, 11) is 0. The summed E-state index contributed by atoms with van der Waals surface area (Å²) < 4.78 is 37.3. The Morgan fingerprint density at radius 1 is 1.17 bits per heavy atom. The van der Waals surface area contributed by atoms with Crippen molar-refractivity contribution in [2.75, 3.05) is 31.5 Å². The number of halogens is 4. The molecule has 2 heterocycles. The number of hydrogen-bond acceptors (Lipinski definition) is 3. The maximum absolute atomic E-state index is 12.4. The molecular formula is C13H14ClF3N4O2. The van der Waals surface area contributed by atoms with Gasteiger partial charge >= 0.3 is 18.1 Å². The number of pyridine rings is 1. The van der Waals surface area contributed by atoms with Crippen LogP contribution in [0.3, 0.4) is 0 Å². The summed E-state index contributed by atoms with van der Waals surface area (Å²) in [5.41, 5.74) is 0.312. The van der Waals surface area contributed by atoms with E-state index in [9.17, 15) is 22.8 Å². The fourth-order valence-electron chi connectivity index (χ4n) is 2.18. The van der Waals surface area contributed by atoms with Gasteiger partial charge < -0.3 is 15.1 Å². The molecule has 23 heavy (non-hydrogen) atoms. The van der Waals surface area contributed by atoms with Crippen LogP contribution in [0.1, 0.15) is 6.42 Å². The van der Waals surface area contributed by atoms with Crippen LogP contribution in [0.15, 0.2) is 18.3 Å². The standard InChI is InChI=1S/C13H14ClF3N4O2/c14-10-9(3-1-4-18-10)19-12(23)21-6-2-5-20(7-8-21)11(22)13(15,16)17/h1,3-4H,2,5-8H2,(H,19,23). The number of carbonyl (C=O) groups excluding carboxylic acids is 2. The van der Waals surface area contributed by atoms with Gasteiger partial charge in [0.15, 0.2) is 5.15 Å². The van der Waals surface area contributed by atoms with Crippen LogP contribution in [0.4, 0.5) is 23.7 Å². The van der Waals surface area contributed by atoms with Gasteiger partial charge in [0.1, 0.15) is 0 Å². The van der Waals surface area contributed by atoms with Crippen LogP contribution in [-0.4, -0.2) is 59.1 Å². The summed E-state index contributed by atoms with van der Waals surface area (Å²) in [6, 6.07) is 2.65. The lowest BCUT2D eigenvalue weighted by molar-refractivity contribution is -0.185. The van der Waals surface area contributed by atoms with Crippen LogP contribution >= 0.6 is 11.6 Å². The second-order valence-electron chi connectivity index (χ2n) is 4.90. The highest BCUT2D eigenvalue weighted by Crippen LogP contribution is 2.21. The Hall–Kier alpha value is -2.03. The van der Waals surface area contributed by atoms with E-state index in [1.54, 1.807) is 12.1 Å². The van der Waals surface area contributed by atoms with E-state index >= 15 is 0 Å². The van der Waals surface area contributed by atoms with Gasteiger partial charge in [0.05, 0.1) is 5.69 Å². The molecule has 1 aromatic rings. The molecule has 0 aliphatic carbocycles. The lowest BCUT2D eigenvalue weighted by Crippen LogP contribution is -2.44. The molecule has 0 aromatic carbocycles. The predicted octanol–water partition coefficient (Wildman–Crippen LogP) is 2.36. The van der Waals surface area contributed by atoms with E-state index in [-0.39, 0.29) is 37.8 Å². The van der Waals surface area contributed by atoms with E-state index in [4.69, 9.17) is 11.6 Å².